The fraction of sp³-hybridized carbons (Fsp3) is 0.333. The Morgan fingerprint density at radius 2 is 1.61 bits per heavy atom. The molecule has 0 bridgehead atoms. The molecule has 0 aliphatic carbocycles. The van der Waals surface area contributed by atoms with Gasteiger partial charge in [0.15, 0.2) is 0 Å². The van der Waals surface area contributed by atoms with E-state index in [1.54, 1.807) is 0 Å². The Morgan fingerprint density at radius 1 is 1.03 bits per heavy atom. The summed E-state index contributed by atoms with van der Waals surface area (Å²) < 4.78 is 59.6. The van der Waals surface area contributed by atoms with Crippen LogP contribution in [-0.2, 0) is 21.4 Å². The fourth-order valence-corrected chi connectivity index (χ4v) is 4.46. The summed E-state index contributed by atoms with van der Waals surface area (Å²) in [7, 11) is -3.67. The number of carbonyl (C=O) groups is 2. The first kappa shape index (κ1) is 26.3. The monoisotopic (exact) mass is 488 g/mol. The van der Waals surface area contributed by atoms with Gasteiger partial charge in [-0.05, 0) is 49.2 Å². The first-order valence-corrected chi connectivity index (χ1v) is 11.3. The molecule has 1 fully saturated rings. The maximum Gasteiger partial charge on any atom is 0.490 e. The van der Waals surface area contributed by atoms with Crippen molar-refractivity contribution in [2.45, 2.75) is 36.5 Å². The molecule has 2 aromatic carbocycles. The van der Waals surface area contributed by atoms with Gasteiger partial charge >= 0.3 is 18.1 Å². The molecule has 0 amide bonds. The Labute approximate surface area is 188 Å². The Balaban J connectivity index is 0.000000479. The summed E-state index contributed by atoms with van der Waals surface area (Å²) in [6.45, 7) is 2.40. The van der Waals surface area contributed by atoms with Crippen molar-refractivity contribution in [1.29, 1.82) is 0 Å². The van der Waals surface area contributed by atoms with Crippen LogP contribution in [0.15, 0.2) is 59.5 Å². The summed E-state index contributed by atoms with van der Waals surface area (Å²) in [4.78, 5) is 22.1. The lowest BCUT2D eigenvalue weighted by Crippen LogP contribution is -2.47. The van der Waals surface area contributed by atoms with Crippen LogP contribution in [0.3, 0.4) is 0 Å². The number of hydrogen-bond acceptors (Lipinski definition) is 5. The molecule has 33 heavy (non-hydrogen) atoms. The highest BCUT2D eigenvalue weighted by Crippen LogP contribution is 2.17. The van der Waals surface area contributed by atoms with E-state index in [1.807, 2.05) is 18.2 Å². The number of nitrogens with zero attached hydrogens (tertiary/aromatic N) is 1. The maximum absolute atomic E-state index is 12.6. The fourth-order valence-electron chi connectivity index (χ4n) is 3.20. The zero-order valence-electron chi connectivity index (χ0n) is 17.3. The molecule has 1 aliphatic rings. The molecule has 1 saturated heterocycles. The van der Waals surface area contributed by atoms with Crippen molar-refractivity contribution in [1.82, 2.24) is 9.62 Å². The number of sulfonamides is 1. The van der Waals surface area contributed by atoms with Crippen molar-refractivity contribution >= 4 is 22.0 Å². The molecule has 0 aromatic heterocycles. The number of aromatic carboxylic acids is 1. The van der Waals surface area contributed by atoms with Gasteiger partial charge in [-0.3, -0.25) is 4.90 Å². The van der Waals surface area contributed by atoms with Gasteiger partial charge < -0.3 is 10.2 Å². The van der Waals surface area contributed by atoms with Gasteiger partial charge in [-0.15, -0.1) is 0 Å². The van der Waals surface area contributed by atoms with E-state index in [0.29, 0.717) is 6.54 Å². The summed E-state index contributed by atoms with van der Waals surface area (Å²) in [5.74, 6) is -3.83. The highest BCUT2D eigenvalue weighted by atomic mass is 32.2. The zero-order valence-corrected chi connectivity index (χ0v) is 18.1. The number of aliphatic carboxylic acids is 1. The Kier molecular flexibility index (Phi) is 8.97. The number of nitrogens with one attached hydrogen (secondary N) is 1. The van der Waals surface area contributed by atoms with Crippen LogP contribution < -0.4 is 4.72 Å². The number of likely N-dealkylation sites (tertiary alicyclic amines) is 1. The molecule has 0 radical (unpaired) electrons. The smallest absolute Gasteiger partial charge is 0.478 e. The maximum atomic E-state index is 12.6. The van der Waals surface area contributed by atoms with Crippen LogP contribution in [0.2, 0.25) is 0 Å². The SMILES string of the molecule is O=C(O)C(F)(F)F.O=C(O)c1ccc(S(=O)(=O)NC2CCCN(Cc3ccccc3)C2)cc1. The van der Waals surface area contributed by atoms with Crippen LogP contribution >= 0.6 is 0 Å². The minimum absolute atomic E-state index is 0.0654. The van der Waals surface area contributed by atoms with Gasteiger partial charge in [0.1, 0.15) is 0 Å². The van der Waals surface area contributed by atoms with E-state index in [-0.39, 0.29) is 16.5 Å². The van der Waals surface area contributed by atoms with E-state index in [4.69, 9.17) is 15.0 Å². The molecule has 1 heterocycles. The van der Waals surface area contributed by atoms with Crippen LogP contribution in [0.1, 0.15) is 28.8 Å². The largest absolute Gasteiger partial charge is 0.490 e. The molecule has 1 atom stereocenters. The summed E-state index contributed by atoms with van der Waals surface area (Å²) in [5, 5.41) is 16.0. The molecule has 3 N–H and O–H groups in total. The van der Waals surface area contributed by atoms with E-state index < -0.39 is 28.1 Å². The average molecular weight is 488 g/mol. The van der Waals surface area contributed by atoms with Gasteiger partial charge in [-0.1, -0.05) is 30.3 Å². The molecule has 8 nitrogen and oxygen atoms in total. The van der Waals surface area contributed by atoms with Gasteiger partial charge in [0.2, 0.25) is 10.0 Å². The van der Waals surface area contributed by atoms with Crippen LogP contribution in [0.4, 0.5) is 13.2 Å². The third-order valence-electron chi connectivity index (χ3n) is 4.73. The molecule has 2 aromatic rings. The van der Waals surface area contributed by atoms with E-state index in [0.717, 1.165) is 25.9 Å². The lowest BCUT2D eigenvalue weighted by atomic mass is 10.1. The van der Waals surface area contributed by atoms with Crippen LogP contribution in [-0.4, -0.2) is 60.8 Å². The third kappa shape index (κ3) is 8.48. The highest BCUT2D eigenvalue weighted by molar-refractivity contribution is 7.89. The number of rotatable bonds is 6. The summed E-state index contributed by atoms with van der Waals surface area (Å²) in [6.07, 6.45) is -3.37. The number of piperidine rings is 1. The lowest BCUT2D eigenvalue weighted by molar-refractivity contribution is -0.192. The van der Waals surface area contributed by atoms with E-state index in [9.17, 15) is 26.4 Å². The van der Waals surface area contributed by atoms with Gasteiger partial charge in [-0.2, -0.15) is 13.2 Å². The van der Waals surface area contributed by atoms with Crippen molar-refractivity contribution < 1.29 is 41.4 Å². The molecule has 1 aliphatic heterocycles. The molecule has 12 heteroatoms. The molecular weight excluding hydrogens is 465 g/mol. The first-order chi connectivity index (χ1) is 15.4. The van der Waals surface area contributed by atoms with Crippen LogP contribution in [0, 0.1) is 0 Å². The molecule has 1 unspecified atom stereocenters. The van der Waals surface area contributed by atoms with Gasteiger partial charge in [0, 0.05) is 19.1 Å². The molecular formula is C21H23F3N2O6S. The third-order valence-corrected chi connectivity index (χ3v) is 6.27. The predicted octanol–water partition coefficient (Wildman–Crippen LogP) is 2.96. The van der Waals surface area contributed by atoms with Crippen molar-refractivity contribution in [2.75, 3.05) is 13.1 Å². The minimum atomic E-state index is -5.08. The summed E-state index contributed by atoms with van der Waals surface area (Å²) in [5.41, 5.74) is 1.27. The van der Waals surface area contributed by atoms with E-state index >= 15 is 0 Å². The van der Waals surface area contributed by atoms with Crippen molar-refractivity contribution in [3.05, 3.63) is 65.7 Å². The lowest BCUT2D eigenvalue weighted by Gasteiger charge is -2.33. The zero-order chi connectivity index (χ0) is 24.6. The summed E-state index contributed by atoms with van der Waals surface area (Å²) >= 11 is 0. The number of carboxylic acids is 2. The normalized spacial score (nSPS) is 17.0. The van der Waals surface area contributed by atoms with Crippen molar-refractivity contribution in [3.8, 4) is 0 Å². The molecule has 0 saturated carbocycles. The van der Waals surface area contributed by atoms with Crippen LogP contribution in [0.5, 0.6) is 0 Å². The second-order valence-corrected chi connectivity index (χ2v) is 9.03. The predicted molar refractivity (Wildman–Crippen MR) is 112 cm³/mol. The summed E-state index contributed by atoms with van der Waals surface area (Å²) in [6, 6.07) is 15.2. The molecule has 180 valence electrons. The Hall–Kier alpha value is -2.96. The van der Waals surface area contributed by atoms with Gasteiger partial charge in [0.05, 0.1) is 10.5 Å². The van der Waals surface area contributed by atoms with Crippen molar-refractivity contribution in [2.24, 2.45) is 0 Å². The van der Waals surface area contributed by atoms with E-state index in [1.165, 1.54) is 29.8 Å². The number of benzene rings is 2. The standard InChI is InChI=1S/C19H22N2O4S.C2HF3O2/c22-19(23)16-8-10-18(11-9-16)26(24,25)20-17-7-4-12-21(14-17)13-15-5-2-1-3-6-15;3-2(4,5)1(6)7/h1-3,5-6,8-11,17,20H,4,7,12-14H2,(H,22,23);(H,6,7). The minimum Gasteiger partial charge on any atom is -0.478 e. The number of hydrogen-bond donors (Lipinski definition) is 3. The first-order valence-electron chi connectivity index (χ1n) is 9.80. The quantitative estimate of drug-likeness (QED) is 0.571. The van der Waals surface area contributed by atoms with E-state index in [2.05, 4.69) is 21.8 Å². The second kappa shape index (κ2) is 11.3. The molecule has 3 rings (SSSR count). The highest BCUT2D eigenvalue weighted by Gasteiger charge is 2.38. The van der Waals surface area contributed by atoms with Crippen molar-refractivity contribution in [3.63, 3.8) is 0 Å². The van der Waals surface area contributed by atoms with Crippen LogP contribution in [0.25, 0.3) is 0 Å². The van der Waals surface area contributed by atoms with Gasteiger partial charge in [-0.25, -0.2) is 22.7 Å². The average Bonchev–Trinajstić information content (AvgIpc) is 2.74. The number of carboxylic acid groups (broad SMARTS) is 2. The number of halogens is 3. The second-order valence-electron chi connectivity index (χ2n) is 7.31. The van der Waals surface area contributed by atoms with Gasteiger partial charge in [0.25, 0.3) is 0 Å². The number of alkyl halides is 3. The Bertz CT molecular complexity index is 1040. The topological polar surface area (TPSA) is 124 Å². The Morgan fingerprint density at radius 3 is 2.12 bits per heavy atom. The molecule has 0 spiro atoms.